The van der Waals surface area contributed by atoms with Gasteiger partial charge in [-0.2, -0.15) is 0 Å². The van der Waals surface area contributed by atoms with E-state index < -0.39 is 9.84 Å². The third-order valence-corrected chi connectivity index (χ3v) is 8.01. The molecule has 0 aromatic carbocycles. The Hall–Kier alpha value is -0.620. The van der Waals surface area contributed by atoms with Crippen LogP contribution in [0, 0.1) is 5.41 Å². The zero-order valence-corrected chi connectivity index (χ0v) is 21.1. The molecule has 1 aliphatic carbocycles. The molecule has 0 radical (unpaired) electrons. The summed E-state index contributed by atoms with van der Waals surface area (Å²) < 4.78 is 28.9. The molecule has 0 bridgehead atoms. The number of rotatable bonds is 9. The lowest BCUT2D eigenvalue weighted by Gasteiger charge is -2.55. The van der Waals surface area contributed by atoms with E-state index in [4.69, 9.17) is 4.74 Å². The quantitative estimate of drug-likeness (QED) is 0.230. The topological polar surface area (TPSA) is 109 Å². The first kappa shape index (κ1) is 26.4. The van der Waals surface area contributed by atoms with Crippen LogP contribution < -0.4 is 16.0 Å². The van der Waals surface area contributed by atoms with Crippen LogP contribution in [0.1, 0.15) is 52.9 Å². The summed E-state index contributed by atoms with van der Waals surface area (Å²) in [6.07, 6.45) is 4.08. The number of nitrogens with zero attached hydrogens (tertiary/aromatic N) is 1. The number of hydrogen-bond acceptors (Lipinski definition) is 5. The highest BCUT2D eigenvalue weighted by Gasteiger charge is 2.53. The van der Waals surface area contributed by atoms with Crippen molar-refractivity contribution in [2.45, 2.75) is 71.1 Å². The van der Waals surface area contributed by atoms with E-state index in [1.807, 2.05) is 6.92 Å². The lowest BCUT2D eigenvalue weighted by molar-refractivity contribution is -0.133. The van der Waals surface area contributed by atoms with Gasteiger partial charge in [0.1, 0.15) is 0 Å². The van der Waals surface area contributed by atoms with Crippen molar-refractivity contribution in [1.29, 1.82) is 0 Å². The maximum Gasteiger partial charge on any atom is 0.222 e. The summed E-state index contributed by atoms with van der Waals surface area (Å²) in [5.74, 6) is 0.755. The predicted octanol–water partition coefficient (Wildman–Crippen LogP) is 1.45. The SMILES string of the molecule is CCOC1CC(NC(=NC)NCCC(=O)NC2CCS(=O)(=O)C2)C1(CC)CC.I. The molecule has 1 saturated carbocycles. The number of sulfone groups is 1. The maximum atomic E-state index is 12.1. The normalized spacial score (nSPS) is 27.4. The van der Waals surface area contributed by atoms with Gasteiger partial charge in [0.05, 0.1) is 17.6 Å². The van der Waals surface area contributed by atoms with Crippen LogP contribution in [-0.4, -0.2) is 70.2 Å². The molecule has 8 nitrogen and oxygen atoms in total. The fourth-order valence-corrected chi connectivity index (χ4v) is 6.12. The molecule has 3 N–H and O–H groups in total. The number of ether oxygens (including phenoxy) is 1. The molecule has 1 aliphatic heterocycles. The standard InChI is InChI=1S/C19H36N4O4S.HI/c1-5-19(6-2)15(12-16(19)27-7-3)23-18(20-4)21-10-8-17(24)22-14-9-11-28(25,26)13-14;/h14-16H,5-13H2,1-4H3,(H,22,24)(H2,20,21,23);1H. The largest absolute Gasteiger partial charge is 0.378 e. The monoisotopic (exact) mass is 544 g/mol. The summed E-state index contributed by atoms with van der Waals surface area (Å²) in [4.78, 5) is 16.3. The molecular formula is C19H37IN4O4S. The highest BCUT2D eigenvalue weighted by atomic mass is 127. The number of aliphatic imine (C=N–C) groups is 1. The van der Waals surface area contributed by atoms with E-state index in [1.54, 1.807) is 7.05 Å². The average Bonchev–Trinajstić information content (AvgIpc) is 2.98. The van der Waals surface area contributed by atoms with E-state index in [0.717, 1.165) is 25.9 Å². The first-order valence-corrected chi connectivity index (χ1v) is 12.2. The molecule has 1 saturated heterocycles. The van der Waals surface area contributed by atoms with E-state index in [1.165, 1.54) is 0 Å². The maximum absolute atomic E-state index is 12.1. The first-order valence-electron chi connectivity index (χ1n) is 10.4. The molecule has 2 aliphatic rings. The van der Waals surface area contributed by atoms with Gasteiger partial charge in [-0.25, -0.2) is 8.42 Å². The Morgan fingerprint density at radius 2 is 1.90 bits per heavy atom. The van der Waals surface area contributed by atoms with Crippen LogP contribution in [0.5, 0.6) is 0 Å². The summed E-state index contributed by atoms with van der Waals surface area (Å²) in [6, 6.07) is 0.0397. The van der Waals surface area contributed by atoms with Crippen LogP contribution in [0.15, 0.2) is 4.99 Å². The van der Waals surface area contributed by atoms with E-state index in [-0.39, 0.29) is 65.4 Å². The zero-order chi connectivity index (χ0) is 20.8. The number of amides is 1. The Balaban J connectivity index is 0.00000420. The Morgan fingerprint density at radius 3 is 2.41 bits per heavy atom. The van der Waals surface area contributed by atoms with Gasteiger partial charge in [-0.1, -0.05) is 13.8 Å². The average molecular weight is 545 g/mol. The molecule has 1 heterocycles. The minimum atomic E-state index is -2.98. The number of carbonyl (C=O) groups excluding carboxylic acids is 1. The zero-order valence-electron chi connectivity index (χ0n) is 18.0. The van der Waals surface area contributed by atoms with E-state index in [2.05, 4.69) is 34.8 Å². The molecule has 0 spiro atoms. The van der Waals surface area contributed by atoms with Crippen molar-refractivity contribution < 1.29 is 17.9 Å². The van der Waals surface area contributed by atoms with Crippen LogP contribution in [0.25, 0.3) is 0 Å². The van der Waals surface area contributed by atoms with E-state index >= 15 is 0 Å². The van der Waals surface area contributed by atoms with E-state index in [0.29, 0.717) is 25.0 Å². The molecule has 170 valence electrons. The van der Waals surface area contributed by atoms with Crippen LogP contribution in [-0.2, 0) is 19.4 Å². The summed E-state index contributed by atoms with van der Waals surface area (Å²) in [5, 5.41) is 9.49. The number of hydrogen-bond donors (Lipinski definition) is 3. The third kappa shape index (κ3) is 6.68. The molecule has 0 aromatic heterocycles. The van der Waals surface area contributed by atoms with Gasteiger partial charge in [0.2, 0.25) is 5.91 Å². The molecule has 3 atom stereocenters. The fourth-order valence-electron chi connectivity index (χ4n) is 4.45. The highest BCUT2D eigenvalue weighted by molar-refractivity contribution is 14.0. The van der Waals surface area contributed by atoms with Gasteiger partial charge in [-0.3, -0.25) is 9.79 Å². The Morgan fingerprint density at radius 1 is 1.21 bits per heavy atom. The second kappa shape index (κ2) is 11.7. The van der Waals surface area contributed by atoms with Crippen LogP contribution in [0.3, 0.4) is 0 Å². The minimum absolute atomic E-state index is 0. The predicted molar refractivity (Wildman–Crippen MR) is 127 cm³/mol. The molecule has 2 rings (SSSR count). The van der Waals surface area contributed by atoms with Crippen molar-refractivity contribution in [2.75, 3.05) is 31.7 Å². The molecular weight excluding hydrogens is 507 g/mol. The lowest BCUT2D eigenvalue weighted by Crippen LogP contribution is -2.65. The molecule has 1 amide bonds. The van der Waals surface area contributed by atoms with Crippen molar-refractivity contribution >= 4 is 45.7 Å². The van der Waals surface area contributed by atoms with Gasteiger partial charge in [0.25, 0.3) is 0 Å². The van der Waals surface area contributed by atoms with E-state index in [9.17, 15) is 13.2 Å². The number of halogens is 1. The summed E-state index contributed by atoms with van der Waals surface area (Å²) in [7, 11) is -1.26. The van der Waals surface area contributed by atoms with Gasteiger partial charge < -0.3 is 20.7 Å². The molecule has 10 heteroatoms. The Bertz CT molecular complexity index is 667. The fraction of sp³-hybridized carbons (Fsp3) is 0.895. The molecule has 2 fully saturated rings. The highest BCUT2D eigenvalue weighted by Crippen LogP contribution is 2.48. The van der Waals surface area contributed by atoms with Crippen LogP contribution in [0.4, 0.5) is 0 Å². The first-order chi connectivity index (χ1) is 13.3. The summed E-state index contributed by atoms with van der Waals surface area (Å²) in [5.41, 5.74) is 0.110. The Labute approximate surface area is 192 Å². The minimum Gasteiger partial charge on any atom is -0.378 e. The van der Waals surface area contributed by atoms with Crippen molar-refractivity contribution in [3.63, 3.8) is 0 Å². The van der Waals surface area contributed by atoms with Crippen molar-refractivity contribution in [3.8, 4) is 0 Å². The van der Waals surface area contributed by atoms with Crippen molar-refractivity contribution in [3.05, 3.63) is 0 Å². The second-order valence-electron chi connectivity index (χ2n) is 7.73. The second-order valence-corrected chi connectivity index (χ2v) is 9.96. The number of carbonyl (C=O) groups is 1. The smallest absolute Gasteiger partial charge is 0.222 e. The van der Waals surface area contributed by atoms with Gasteiger partial charge in [-0.05, 0) is 32.6 Å². The molecule has 29 heavy (non-hydrogen) atoms. The molecule has 3 unspecified atom stereocenters. The lowest BCUT2D eigenvalue weighted by atomic mass is 9.58. The third-order valence-electron chi connectivity index (χ3n) is 6.25. The summed E-state index contributed by atoms with van der Waals surface area (Å²) >= 11 is 0. The van der Waals surface area contributed by atoms with Crippen molar-refractivity contribution in [1.82, 2.24) is 16.0 Å². The van der Waals surface area contributed by atoms with Crippen LogP contribution in [0.2, 0.25) is 0 Å². The van der Waals surface area contributed by atoms with Gasteiger partial charge in [-0.15, -0.1) is 24.0 Å². The Kier molecular flexibility index (Phi) is 10.6. The summed E-state index contributed by atoms with van der Waals surface area (Å²) in [6.45, 7) is 7.60. The van der Waals surface area contributed by atoms with Gasteiger partial charge >= 0.3 is 0 Å². The van der Waals surface area contributed by atoms with Gasteiger partial charge in [0.15, 0.2) is 15.8 Å². The van der Waals surface area contributed by atoms with Crippen molar-refractivity contribution in [2.24, 2.45) is 10.4 Å². The van der Waals surface area contributed by atoms with Gasteiger partial charge in [0, 0.05) is 44.1 Å². The number of nitrogens with one attached hydrogen (secondary N) is 3. The number of guanidine groups is 1. The van der Waals surface area contributed by atoms with Crippen LogP contribution >= 0.6 is 24.0 Å². The molecule has 0 aromatic rings.